The lowest BCUT2D eigenvalue weighted by atomic mass is 10.5. The summed E-state index contributed by atoms with van der Waals surface area (Å²) < 4.78 is 34.1. The van der Waals surface area contributed by atoms with Crippen LogP contribution < -0.4 is 22.1 Å². The summed E-state index contributed by atoms with van der Waals surface area (Å²) in [4.78, 5) is 4.61. The third-order valence-corrected chi connectivity index (χ3v) is 3.41. The molecule has 0 fully saturated rings. The van der Waals surface area contributed by atoms with E-state index in [2.05, 4.69) is 37.5 Å². The standard InChI is InChI=1S/2C7H18N4.H2O4S/c2*1-3-11(4-2)6-5-10-7(8)9;1-5(2,3)4/h2*3-6H2,1-2H3,(H4,8,9,10);(H2,1,2,3,4). The molecule has 0 saturated carbocycles. The maximum absolute atomic E-state index is 8.52. The predicted molar refractivity (Wildman–Crippen MR) is 103 cm³/mol. The molecule has 27 heavy (non-hydrogen) atoms. The Kier molecular flexibility index (Phi) is 21.8. The molecule has 0 aliphatic rings. The quantitative estimate of drug-likeness (QED) is 0.0899. The third kappa shape index (κ3) is 36.4. The molecule has 10 N–H and O–H groups in total. The van der Waals surface area contributed by atoms with Crippen molar-refractivity contribution in [3.8, 4) is 0 Å². The Hall–Kier alpha value is -1.35. The van der Waals surface area contributed by atoms with Crippen LogP contribution in [0.5, 0.6) is 0 Å². The van der Waals surface area contributed by atoms with Crippen molar-refractivity contribution in [3.05, 3.63) is 0 Å². The van der Waals surface area contributed by atoms with Gasteiger partial charge in [-0.15, -0.1) is 0 Å². The largest absolute Gasteiger partial charge is 0.759 e. The van der Waals surface area contributed by atoms with E-state index in [1.807, 2.05) is 0 Å². The number of hydrogen-bond donors (Lipinski definition) is 6. The minimum atomic E-state index is -5.17. The molecule has 13 heteroatoms. The highest BCUT2D eigenvalue weighted by molar-refractivity contribution is 7.79. The molecule has 0 spiro atoms. The summed E-state index contributed by atoms with van der Waals surface area (Å²) in [6.07, 6.45) is 0. The summed E-state index contributed by atoms with van der Waals surface area (Å²) >= 11 is 0. The molecule has 0 heterocycles. The number of nitrogens with two attached hydrogens (primary N) is 4. The van der Waals surface area contributed by atoms with Gasteiger partial charge in [0, 0.05) is 23.5 Å². The maximum Gasteiger partial charge on any atom is 0.288 e. The van der Waals surface area contributed by atoms with E-state index >= 15 is 0 Å². The number of guanidine groups is 2. The number of quaternary nitrogens is 2. The fourth-order valence-electron chi connectivity index (χ4n) is 1.88. The van der Waals surface area contributed by atoms with Gasteiger partial charge in [-0.1, -0.05) is 27.7 Å². The molecule has 0 unspecified atom stereocenters. The van der Waals surface area contributed by atoms with Crippen molar-refractivity contribution in [2.24, 2.45) is 11.5 Å². The molecule has 0 bridgehead atoms. The maximum atomic E-state index is 8.52. The average molecular weight is 415 g/mol. The summed E-state index contributed by atoms with van der Waals surface area (Å²) in [6.45, 7) is 16.6. The minimum Gasteiger partial charge on any atom is -0.759 e. The highest BCUT2D eigenvalue weighted by Gasteiger charge is 2.00. The van der Waals surface area contributed by atoms with Crippen LogP contribution in [0.25, 0.3) is 0 Å². The second-order valence-corrected chi connectivity index (χ2v) is 6.17. The van der Waals surface area contributed by atoms with E-state index in [1.165, 1.54) is 0 Å². The Bertz CT molecular complexity index is 432. The van der Waals surface area contributed by atoms with Crippen molar-refractivity contribution in [2.45, 2.75) is 27.7 Å². The molecule has 0 radical (unpaired) electrons. The molecule has 0 saturated heterocycles. The van der Waals surface area contributed by atoms with Crippen molar-refractivity contribution in [1.82, 2.24) is 9.80 Å². The van der Waals surface area contributed by atoms with Gasteiger partial charge in [0.2, 0.25) is 0 Å². The van der Waals surface area contributed by atoms with Gasteiger partial charge in [-0.3, -0.25) is 28.9 Å². The number of likely N-dealkylation sites (N-methyl/N-ethyl adjacent to an activating group) is 2. The SMILES string of the molecule is CCN(CC)CC[NH2+]C(=N)N.CCN(CC)CC[NH2+]C(=N)N.O=S(=O)([O-])[O-]. The zero-order valence-corrected chi connectivity index (χ0v) is 17.7. The van der Waals surface area contributed by atoms with E-state index in [4.69, 9.17) is 39.8 Å². The molecule has 0 rings (SSSR count). The van der Waals surface area contributed by atoms with Crippen LogP contribution in [0.15, 0.2) is 0 Å². The van der Waals surface area contributed by atoms with Crippen LogP contribution in [0.3, 0.4) is 0 Å². The molecular weight excluding hydrogens is 376 g/mol. The van der Waals surface area contributed by atoms with Gasteiger partial charge in [0.15, 0.2) is 0 Å². The number of nitrogens with one attached hydrogen (secondary N) is 2. The molecule has 0 aromatic rings. The van der Waals surface area contributed by atoms with E-state index in [1.54, 1.807) is 10.6 Å². The van der Waals surface area contributed by atoms with Gasteiger partial charge in [-0.2, -0.15) is 0 Å². The van der Waals surface area contributed by atoms with E-state index in [9.17, 15) is 0 Å². The highest BCUT2D eigenvalue weighted by Crippen LogP contribution is 1.82. The Morgan fingerprint density at radius 3 is 1.19 bits per heavy atom. The summed E-state index contributed by atoms with van der Waals surface area (Å²) in [6, 6.07) is 0. The molecule has 164 valence electrons. The highest BCUT2D eigenvalue weighted by atomic mass is 32.3. The summed E-state index contributed by atoms with van der Waals surface area (Å²) in [5.74, 6) is 0.356. The van der Waals surface area contributed by atoms with Crippen LogP contribution in [0.2, 0.25) is 0 Å². The Balaban J connectivity index is -0.000000344. The third-order valence-electron chi connectivity index (χ3n) is 3.41. The first-order valence-electron chi connectivity index (χ1n) is 8.86. The molecule has 0 aromatic heterocycles. The van der Waals surface area contributed by atoms with Crippen LogP contribution in [0.4, 0.5) is 0 Å². The normalized spacial score (nSPS) is 10.7. The average Bonchev–Trinajstić information content (AvgIpc) is 2.54. The summed E-state index contributed by atoms with van der Waals surface area (Å²) in [7, 11) is -5.17. The Morgan fingerprint density at radius 1 is 0.815 bits per heavy atom. The lowest BCUT2D eigenvalue weighted by Crippen LogP contribution is -2.91. The van der Waals surface area contributed by atoms with Crippen LogP contribution >= 0.6 is 0 Å². The summed E-state index contributed by atoms with van der Waals surface area (Å²) in [5, 5.41) is 17.4. The number of hydrogen-bond acceptors (Lipinski definition) is 8. The van der Waals surface area contributed by atoms with Crippen molar-refractivity contribution in [3.63, 3.8) is 0 Å². The van der Waals surface area contributed by atoms with Crippen molar-refractivity contribution < 1.29 is 28.2 Å². The first kappa shape index (κ1) is 30.4. The van der Waals surface area contributed by atoms with Gasteiger partial charge in [0.05, 0.1) is 13.1 Å². The predicted octanol–water partition coefficient (Wildman–Crippen LogP) is -3.77. The first-order chi connectivity index (χ1) is 12.4. The number of rotatable bonds is 10. The lowest BCUT2D eigenvalue weighted by molar-refractivity contribution is -0.543. The Morgan fingerprint density at radius 2 is 1.04 bits per heavy atom. The topological polar surface area (TPSA) is 220 Å². The van der Waals surface area contributed by atoms with Gasteiger partial charge in [0.1, 0.15) is 0 Å². The first-order valence-corrected chi connectivity index (χ1v) is 10.2. The molecule has 12 nitrogen and oxygen atoms in total. The van der Waals surface area contributed by atoms with E-state index in [0.29, 0.717) is 0 Å². The fraction of sp³-hybridized carbons (Fsp3) is 0.857. The Labute approximate surface area is 163 Å². The molecule has 0 aliphatic heterocycles. The van der Waals surface area contributed by atoms with Crippen molar-refractivity contribution in [2.75, 3.05) is 52.4 Å². The minimum absolute atomic E-state index is 0.178. The number of nitrogens with zero attached hydrogens (tertiary/aromatic N) is 2. The zero-order valence-electron chi connectivity index (χ0n) is 16.9. The smallest absolute Gasteiger partial charge is 0.288 e. The molecular formula is C14H38N8O4S. The molecule has 0 amide bonds. The van der Waals surface area contributed by atoms with Gasteiger partial charge in [-0.05, 0) is 26.2 Å². The molecule has 0 aliphatic carbocycles. The van der Waals surface area contributed by atoms with Gasteiger partial charge in [-0.25, -0.2) is 10.8 Å². The fourth-order valence-corrected chi connectivity index (χ4v) is 1.88. The van der Waals surface area contributed by atoms with Crippen molar-refractivity contribution in [1.29, 1.82) is 10.8 Å². The van der Waals surface area contributed by atoms with E-state index in [0.717, 1.165) is 52.4 Å². The van der Waals surface area contributed by atoms with Crippen LogP contribution in [-0.2, 0) is 10.4 Å². The zero-order chi connectivity index (χ0) is 21.9. The monoisotopic (exact) mass is 414 g/mol. The van der Waals surface area contributed by atoms with Gasteiger partial charge < -0.3 is 20.6 Å². The lowest BCUT2D eigenvalue weighted by Gasteiger charge is -2.15. The second-order valence-electron chi connectivity index (χ2n) is 5.36. The second kappa shape index (κ2) is 19.4. The van der Waals surface area contributed by atoms with Gasteiger partial charge >= 0.3 is 0 Å². The van der Waals surface area contributed by atoms with E-state index in [-0.39, 0.29) is 11.9 Å². The van der Waals surface area contributed by atoms with Crippen LogP contribution in [0.1, 0.15) is 27.7 Å². The van der Waals surface area contributed by atoms with Crippen LogP contribution in [-0.4, -0.2) is 91.6 Å². The molecule has 0 atom stereocenters. The van der Waals surface area contributed by atoms with Crippen molar-refractivity contribution >= 4 is 22.3 Å². The summed E-state index contributed by atoms with van der Waals surface area (Å²) in [5.41, 5.74) is 10.3. The van der Waals surface area contributed by atoms with E-state index < -0.39 is 10.4 Å². The van der Waals surface area contributed by atoms with Gasteiger partial charge in [0.25, 0.3) is 11.9 Å². The molecule has 0 aromatic carbocycles. The van der Waals surface area contributed by atoms with Crippen LogP contribution in [0, 0.1) is 10.8 Å².